The van der Waals surface area contributed by atoms with E-state index in [1.165, 1.54) is 18.3 Å². The molecule has 0 bridgehead atoms. The second kappa shape index (κ2) is 10.2. The van der Waals surface area contributed by atoms with Gasteiger partial charge in [-0.05, 0) is 68.4 Å². The van der Waals surface area contributed by atoms with E-state index in [-0.39, 0.29) is 18.2 Å². The quantitative estimate of drug-likeness (QED) is 0.278. The first-order valence-electron chi connectivity index (χ1n) is 13.3. The zero-order chi connectivity index (χ0) is 27.1. The molecule has 2 aliphatic carbocycles. The maximum absolute atomic E-state index is 13.8. The molecule has 0 unspecified atom stereocenters. The number of nitrogens with one attached hydrogen (secondary N) is 2. The summed E-state index contributed by atoms with van der Waals surface area (Å²) < 4.78 is 25.1. The summed E-state index contributed by atoms with van der Waals surface area (Å²) in [6.07, 6.45) is 7.98. The Balaban J connectivity index is 1.44. The number of nitriles is 1. The van der Waals surface area contributed by atoms with E-state index < -0.39 is 11.8 Å². The summed E-state index contributed by atoms with van der Waals surface area (Å²) in [5.41, 5.74) is 2.79. The number of fused-ring (bicyclic) bond motifs is 1. The zero-order valence-corrected chi connectivity index (χ0v) is 21.3. The van der Waals surface area contributed by atoms with E-state index in [1.54, 1.807) is 35.1 Å². The topological polar surface area (TPSA) is 112 Å². The maximum Gasteiger partial charge on any atom is 0.123 e. The van der Waals surface area contributed by atoms with Gasteiger partial charge in [-0.25, -0.2) is 9.07 Å². The van der Waals surface area contributed by atoms with Crippen LogP contribution < -0.4 is 10.6 Å². The molecule has 0 spiro atoms. The highest BCUT2D eigenvalue weighted by Crippen LogP contribution is 2.38. The molecule has 0 saturated heterocycles. The normalized spacial score (nSPS) is 21.4. The van der Waals surface area contributed by atoms with Gasteiger partial charge in [-0.3, -0.25) is 4.98 Å². The van der Waals surface area contributed by atoms with E-state index in [0.717, 1.165) is 32.1 Å². The van der Waals surface area contributed by atoms with Crippen LogP contribution in [0.4, 0.5) is 15.8 Å². The van der Waals surface area contributed by atoms with E-state index in [0.29, 0.717) is 50.5 Å². The van der Waals surface area contributed by atoms with Crippen LogP contribution in [0.2, 0.25) is 5.02 Å². The summed E-state index contributed by atoms with van der Waals surface area (Å²) >= 11 is 6.70. The molecule has 6 rings (SSSR count). The number of benzene rings is 2. The summed E-state index contributed by atoms with van der Waals surface area (Å²) in [7, 11) is 0. The van der Waals surface area contributed by atoms with Gasteiger partial charge < -0.3 is 15.7 Å². The van der Waals surface area contributed by atoms with Crippen LogP contribution in [0.25, 0.3) is 10.9 Å². The van der Waals surface area contributed by atoms with Gasteiger partial charge in [0.15, 0.2) is 0 Å². The molecule has 3 N–H and O–H groups in total. The molecule has 3 atom stereocenters. The number of aliphatic hydroxyl groups is 1. The minimum absolute atomic E-state index is 0.00575. The molecule has 2 aliphatic rings. The summed E-state index contributed by atoms with van der Waals surface area (Å²) in [5, 5.41) is 36.2. The Morgan fingerprint density at radius 3 is 2.76 bits per heavy atom. The summed E-state index contributed by atoms with van der Waals surface area (Å²) in [6.45, 7) is 0. The highest BCUT2D eigenvalue weighted by molar-refractivity contribution is 6.35. The van der Waals surface area contributed by atoms with Crippen LogP contribution >= 0.6 is 11.6 Å². The third-order valence-corrected chi connectivity index (χ3v) is 7.42. The first-order chi connectivity index (χ1) is 18.8. The van der Waals surface area contributed by atoms with Crippen molar-refractivity contribution in [3.05, 3.63) is 76.5 Å². The number of halogens is 2. The number of aliphatic hydroxyl groups excluding tert-OH is 1. The highest BCUT2D eigenvalue weighted by atomic mass is 35.5. The van der Waals surface area contributed by atoms with Crippen molar-refractivity contribution >= 4 is 33.9 Å². The molecular weight excluding hydrogens is 505 g/mol. The van der Waals surface area contributed by atoms with Crippen LogP contribution in [0, 0.1) is 17.1 Å². The summed E-state index contributed by atoms with van der Waals surface area (Å²) in [5.74, 6) is -0.407. The Bertz CT molecular complexity index is 1570. The number of hydrogen-bond donors (Lipinski definition) is 3. The van der Waals surface area contributed by atoms with Crippen LogP contribution in [-0.2, 0) is 0 Å². The second-order valence-electron chi connectivity index (χ2n) is 10.00. The van der Waals surface area contributed by atoms with Crippen LogP contribution in [-0.4, -0.2) is 37.2 Å². The number of rotatable bonds is 7. The maximum atomic E-state index is 13.8. The number of hydrogen-bond acceptors (Lipinski definition) is 7. The zero-order valence-electron chi connectivity index (χ0n) is 21.5. The third-order valence-electron chi connectivity index (χ3n) is 7.13. The molecule has 2 heterocycles. The standard InChI is InChI=1S/C28H27ClFN7O/c29-24-12-20(11-23-26(17(13-31)14-32-28(23)24)33-19-2-1-3-22(38)10-19)34-27(16-4-6-18(30)7-5-16)25-15-37(36-35-25)21-8-9-21/h4-7,11-12,14-15,19,21-22,27,34,38H,1-3,8-10H2,(H,32,33)/t19-,22+,27-/m1/s1/i27D. The van der Waals surface area contributed by atoms with Crippen molar-refractivity contribution in [3.63, 3.8) is 0 Å². The number of pyridine rings is 1. The number of nitrogens with zero attached hydrogens (tertiary/aromatic N) is 5. The number of anilines is 2. The first-order valence-corrected chi connectivity index (χ1v) is 13.2. The highest BCUT2D eigenvalue weighted by Gasteiger charge is 2.27. The van der Waals surface area contributed by atoms with Gasteiger partial charge in [0.25, 0.3) is 0 Å². The van der Waals surface area contributed by atoms with Crippen molar-refractivity contribution in [2.45, 2.75) is 62.7 Å². The molecule has 2 aromatic heterocycles. The van der Waals surface area contributed by atoms with Crippen molar-refractivity contribution in [2.75, 3.05) is 10.6 Å². The molecule has 2 aromatic carbocycles. The molecule has 38 heavy (non-hydrogen) atoms. The molecule has 10 heteroatoms. The van der Waals surface area contributed by atoms with Crippen LogP contribution in [0.15, 0.2) is 48.8 Å². The van der Waals surface area contributed by atoms with Gasteiger partial charge >= 0.3 is 0 Å². The Morgan fingerprint density at radius 1 is 1.21 bits per heavy atom. The van der Waals surface area contributed by atoms with E-state index in [2.05, 4.69) is 32.0 Å². The molecule has 194 valence electrons. The van der Waals surface area contributed by atoms with Crippen LogP contribution in [0.1, 0.15) is 68.8 Å². The van der Waals surface area contributed by atoms with Gasteiger partial charge in [0.05, 0.1) is 47.5 Å². The average molecular weight is 533 g/mol. The molecule has 0 aliphatic heterocycles. The predicted molar refractivity (Wildman–Crippen MR) is 144 cm³/mol. The van der Waals surface area contributed by atoms with E-state index >= 15 is 0 Å². The molecule has 4 aromatic rings. The van der Waals surface area contributed by atoms with Gasteiger partial charge in [0, 0.05) is 23.3 Å². The Hall–Kier alpha value is -3.74. The van der Waals surface area contributed by atoms with E-state index in [4.69, 9.17) is 11.6 Å². The third kappa shape index (κ3) is 5.02. The molecule has 2 fully saturated rings. The largest absolute Gasteiger partial charge is 0.393 e. The summed E-state index contributed by atoms with van der Waals surface area (Å²) in [6, 6.07) is 10.1. The van der Waals surface area contributed by atoms with Crippen molar-refractivity contribution in [3.8, 4) is 6.07 Å². The minimum Gasteiger partial charge on any atom is -0.393 e. The van der Waals surface area contributed by atoms with Gasteiger partial charge in [-0.2, -0.15) is 5.26 Å². The first kappa shape index (κ1) is 23.4. The molecule has 8 nitrogen and oxygen atoms in total. The SMILES string of the molecule is [2H][C@@](Nc1cc(Cl)c2ncc(C#N)c(N[C@@H]3CCC[C@H](O)C3)c2c1)(c1ccc(F)cc1)c1cn(C2CC2)nn1. The van der Waals surface area contributed by atoms with Crippen molar-refractivity contribution in [1.29, 1.82) is 5.26 Å². The lowest BCUT2D eigenvalue weighted by Crippen LogP contribution is -2.30. The minimum atomic E-state index is -1.61. The average Bonchev–Trinajstić information content (AvgIpc) is 3.65. The molecule has 0 amide bonds. The van der Waals surface area contributed by atoms with Gasteiger partial charge in [0.1, 0.15) is 17.6 Å². The van der Waals surface area contributed by atoms with Crippen molar-refractivity contribution in [2.24, 2.45) is 0 Å². The molecule has 0 radical (unpaired) electrons. The van der Waals surface area contributed by atoms with Gasteiger partial charge in [-0.15, -0.1) is 5.10 Å². The van der Waals surface area contributed by atoms with E-state index in [1.807, 2.05) is 0 Å². The van der Waals surface area contributed by atoms with Gasteiger partial charge in [-0.1, -0.05) is 28.9 Å². The summed E-state index contributed by atoms with van der Waals surface area (Å²) in [4.78, 5) is 4.43. The molecule has 2 saturated carbocycles. The lowest BCUT2D eigenvalue weighted by molar-refractivity contribution is 0.124. The number of aromatic nitrogens is 4. The van der Waals surface area contributed by atoms with Crippen molar-refractivity contribution < 1.29 is 10.9 Å². The van der Waals surface area contributed by atoms with Gasteiger partial charge in [0.2, 0.25) is 0 Å². The monoisotopic (exact) mass is 532 g/mol. The fraction of sp³-hybridized carbons (Fsp3) is 0.357. The lowest BCUT2D eigenvalue weighted by Gasteiger charge is -2.28. The smallest absolute Gasteiger partial charge is 0.123 e. The van der Waals surface area contributed by atoms with Crippen LogP contribution in [0.5, 0.6) is 0 Å². The predicted octanol–water partition coefficient (Wildman–Crippen LogP) is 5.74. The van der Waals surface area contributed by atoms with E-state index in [9.17, 15) is 16.1 Å². The van der Waals surface area contributed by atoms with Crippen LogP contribution in [0.3, 0.4) is 0 Å². The lowest BCUT2D eigenvalue weighted by atomic mass is 9.92. The fourth-order valence-electron chi connectivity index (χ4n) is 5.03. The second-order valence-corrected chi connectivity index (χ2v) is 10.4. The Kier molecular flexibility index (Phi) is 6.27. The Labute approximate surface area is 225 Å². The Morgan fingerprint density at radius 2 is 2.03 bits per heavy atom. The van der Waals surface area contributed by atoms with Crippen molar-refractivity contribution in [1.82, 2.24) is 20.0 Å². The molecular formula is C28H27ClFN7O. The fourth-order valence-corrected chi connectivity index (χ4v) is 5.29.